The van der Waals surface area contributed by atoms with E-state index in [0.29, 0.717) is 22.7 Å². The Hall–Kier alpha value is -3.11. The molecule has 31 heavy (non-hydrogen) atoms. The van der Waals surface area contributed by atoms with Crippen LogP contribution >= 0.6 is 24.2 Å². The molecule has 2 aromatic heterocycles. The van der Waals surface area contributed by atoms with Crippen LogP contribution in [0.15, 0.2) is 59.1 Å². The Balaban J connectivity index is 0.00000231. The molecule has 0 bridgehead atoms. The summed E-state index contributed by atoms with van der Waals surface area (Å²) in [5, 5.41) is 6.15. The molecule has 5 rings (SSSR count). The summed E-state index contributed by atoms with van der Waals surface area (Å²) in [6.07, 6.45) is 5.02. The van der Waals surface area contributed by atoms with Crippen molar-refractivity contribution in [3.05, 3.63) is 64.9 Å². The van der Waals surface area contributed by atoms with Gasteiger partial charge in [0.1, 0.15) is 17.7 Å². The largest absolute Gasteiger partial charge is 0.363 e. The first kappa shape index (κ1) is 21.1. The van der Waals surface area contributed by atoms with Gasteiger partial charge in [-0.15, -0.1) is 12.4 Å². The molecule has 2 aliphatic heterocycles. The smallest absolute Gasteiger partial charge is 0.334 e. The molecular formula is C20H19ClFN7OS. The summed E-state index contributed by atoms with van der Waals surface area (Å²) in [4.78, 5) is 32.3. The number of anilines is 2. The average molecular weight is 460 g/mol. The Kier molecular flexibility index (Phi) is 5.59. The maximum Gasteiger partial charge on any atom is 0.334 e. The first-order valence-electron chi connectivity index (χ1n) is 9.37. The molecule has 0 saturated carbocycles. The van der Waals surface area contributed by atoms with Gasteiger partial charge in [0.15, 0.2) is 11.5 Å². The number of nitrogens with zero attached hydrogens (tertiary/aromatic N) is 5. The summed E-state index contributed by atoms with van der Waals surface area (Å²) in [5.74, 6) is 0.193. The van der Waals surface area contributed by atoms with Crippen molar-refractivity contribution >= 4 is 52.9 Å². The summed E-state index contributed by atoms with van der Waals surface area (Å²) >= 11 is 1.50. The Bertz CT molecular complexity index is 1210. The predicted molar refractivity (Wildman–Crippen MR) is 121 cm³/mol. The van der Waals surface area contributed by atoms with Crippen LogP contribution in [-0.4, -0.2) is 43.0 Å². The molecule has 0 radical (unpaired) electrons. The Morgan fingerprint density at radius 1 is 1.29 bits per heavy atom. The van der Waals surface area contributed by atoms with Crippen LogP contribution in [0.1, 0.15) is 13.8 Å². The van der Waals surface area contributed by atoms with Crippen LogP contribution in [0.4, 0.5) is 20.7 Å². The van der Waals surface area contributed by atoms with Gasteiger partial charge in [0.2, 0.25) is 0 Å². The second kappa shape index (κ2) is 8.20. The number of halogens is 2. The van der Waals surface area contributed by atoms with Gasteiger partial charge in [-0.1, -0.05) is 17.8 Å². The van der Waals surface area contributed by atoms with E-state index in [9.17, 15) is 9.18 Å². The van der Waals surface area contributed by atoms with E-state index in [1.807, 2.05) is 25.3 Å². The Morgan fingerprint density at radius 3 is 2.94 bits per heavy atom. The number of thioether (sulfide) groups is 1. The molecule has 2 amide bonds. The van der Waals surface area contributed by atoms with Gasteiger partial charge in [0.25, 0.3) is 0 Å². The Morgan fingerprint density at radius 2 is 2.13 bits per heavy atom. The molecule has 0 aliphatic carbocycles. The van der Waals surface area contributed by atoms with Crippen molar-refractivity contribution in [2.75, 3.05) is 10.2 Å². The number of aromatic amines is 1. The van der Waals surface area contributed by atoms with E-state index >= 15 is 0 Å². The summed E-state index contributed by atoms with van der Waals surface area (Å²) in [6.45, 7) is 3.84. The fraction of sp³-hybridized carbons (Fsp3) is 0.200. The molecule has 0 fully saturated rings. The van der Waals surface area contributed by atoms with E-state index in [4.69, 9.17) is 0 Å². The van der Waals surface area contributed by atoms with Crippen molar-refractivity contribution < 1.29 is 9.18 Å². The Labute approximate surface area is 188 Å². The van der Waals surface area contributed by atoms with E-state index in [1.165, 1.54) is 30.2 Å². The number of rotatable bonds is 4. The van der Waals surface area contributed by atoms with Gasteiger partial charge in [0, 0.05) is 17.4 Å². The van der Waals surface area contributed by atoms with Crippen LogP contribution in [0.25, 0.3) is 11.2 Å². The van der Waals surface area contributed by atoms with Gasteiger partial charge in [-0.2, -0.15) is 0 Å². The highest BCUT2D eigenvalue weighted by atomic mass is 35.5. The summed E-state index contributed by atoms with van der Waals surface area (Å²) in [7, 11) is 0. The number of imidazole rings is 1. The number of amides is 2. The normalized spacial score (nSPS) is 18.9. The highest BCUT2D eigenvalue weighted by molar-refractivity contribution is 8.06. The topological polar surface area (TPSA) is 90.0 Å². The minimum Gasteiger partial charge on any atom is -0.363 e. The number of H-pyrrole nitrogens is 1. The SMILES string of the molecule is CC1=CSC2=C[C@@H](C(C)Nc3ncnc4nc[nH]c34)N(c3cccc(F)c3)C(=O)N12.Cl. The zero-order chi connectivity index (χ0) is 20.8. The second-order valence-corrected chi connectivity index (χ2v) is 7.99. The number of aromatic nitrogens is 4. The molecule has 1 unspecified atom stereocenters. The van der Waals surface area contributed by atoms with E-state index < -0.39 is 5.82 Å². The van der Waals surface area contributed by atoms with Gasteiger partial charge >= 0.3 is 6.03 Å². The van der Waals surface area contributed by atoms with Crippen molar-refractivity contribution in [1.82, 2.24) is 24.8 Å². The number of allylic oxidation sites excluding steroid dienone is 1. The molecule has 8 nitrogen and oxygen atoms in total. The van der Waals surface area contributed by atoms with Crippen LogP contribution in [0.5, 0.6) is 0 Å². The number of carbonyl (C=O) groups excluding carboxylic acids is 1. The third kappa shape index (κ3) is 3.61. The number of urea groups is 1. The van der Waals surface area contributed by atoms with E-state index in [0.717, 1.165) is 10.7 Å². The molecule has 4 heterocycles. The van der Waals surface area contributed by atoms with Crippen molar-refractivity contribution in [2.45, 2.75) is 25.9 Å². The van der Waals surface area contributed by atoms with Crippen LogP contribution in [0.2, 0.25) is 0 Å². The van der Waals surface area contributed by atoms with E-state index in [-0.39, 0.29) is 30.5 Å². The fourth-order valence-corrected chi connectivity index (χ4v) is 4.63. The van der Waals surface area contributed by atoms with Gasteiger partial charge in [-0.05, 0) is 43.5 Å². The number of hydrogen-bond donors (Lipinski definition) is 2. The summed E-state index contributed by atoms with van der Waals surface area (Å²) < 4.78 is 14.0. The number of hydrogen-bond acceptors (Lipinski definition) is 6. The van der Waals surface area contributed by atoms with E-state index in [2.05, 4.69) is 25.3 Å². The highest BCUT2D eigenvalue weighted by Crippen LogP contribution is 2.41. The lowest BCUT2D eigenvalue weighted by molar-refractivity contribution is 0.224. The lowest BCUT2D eigenvalue weighted by atomic mass is 10.0. The third-order valence-corrected chi connectivity index (χ3v) is 6.14. The summed E-state index contributed by atoms with van der Waals surface area (Å²) in [6, 6.07) is 5.25. The molecule has 2 N–H and O–H groups in total. The van der Waals surface area contributed by atoms with Gasteiger partial charge in [0.05, 0.1) is 17.4 Å². The van der Waals surface area contributed by atoms with Gasteiger partial charge in [-0.3, -0.25) is 9.80 Å². The van der Waals surface area contributed by atoms with Crippen molar-refractivity contribution in [3.63, 3.8) is 0 Å². The number of carbonyl (C=O) groups is 1. The van der Waals surface area contributed by atoms with Crippen LogP contribution in [0, 0.1) is 5.82 Å². The minimum atomic E-state index is -0.396. The lowest BCUT2D eigenvalue weighted by Gasteiger charge is -2.41. The molecule has 3 aromatic rings. The number of nitrogens with one attached hydrogen (secondary N) is 2. The van der Waals surface area contributed by atoms with E-state index in [1.54, 1.807) is 28.3 Å². The molecule has 0 saturated heterocycles. The van der Waals surface area contributed by atoms with Crippen LogP contribution in [0.3, 0.4) is 0 Å². The van der Waals surface area contributed by atoms with Crippen molar-refractivity contribution in [2.24, 2.45) is 0 Å². The first-order valence-corrected chi connectivity index (χ1v) is 10.3. The highest BCUT2D eigenvalue weighted by Gasteiger charge is 2.40. The quantitative estimate of drug-likeness (QED) is 0.598. The fourth-order valence-electron chi connectivity index (χ4n) is 3.69. The van der Waals surface area contributed by atoms with Crippen molar-refractivity contribution in [1.29, 1.82) is 0 Å². The van der Waals surface area contributed by atoms with Crippen molar-refractivity contribution in [3.8, 4) is 0 Å². The average Bonchev–Trinajstić information content (AvgIpc) is 3.35. The molecule has 11 heteroatoms. The van der Waals surface area contributed by atoms with Gasteiger partial charge in [-0.25, -0.2) is 24.1 Å². The molecule has 1 aromatic carbocycles. The van der Waals surface area contributed by atoms with Crippen LogP contribution < -0.4 is 10.2 Å². The molecule has 160 valence electrons. The predicted octanol–water partition coefficient (Wildman–Crippen LogP) is 4.47. The maximum atomic E-state index is 14.0. The zero-order valence-corrected chi connectivity index (χ0v) is 18.2. The summed E-state index contributed by atoms with van der Waals surface area (Å²) in [5.41, 5.74) is 2.57. The third-order valence-electron chi connectivity index (χ3n) is 5.12. The van der Waals surface area contributed by atoms with Gasteiger partial charge < -0.3 is 10.3 Å². The standard InChI is InChI=1S/C20H18FN7OS.ClH/c1-11-8-30-16-7-15(12(2)26-19-17-18(23-9-22-17)24-10-25-19)28(20(29)27(11)16)14-5-3-4-13(21)6-14;/h3-10,12,15H,1-2H3,(H2,22,23,24,25,26);1H/t12?,15-;/m0./s1. The maximum absolute atomic E-state index is 14.0. The zero-order valence-electron chi connectivity index (χ0n) is 16.6. The monoisotopic (exact) mass is 459 g/mol. The molecule has 2 atom stereocenters. The molecular weight excluding hydrogens is 441 g/mol. The lowest BCUT2D eigenvalue weighted by Crippen LogP contribution is -2.55. The minimum absolute atomic E-state index is 0. The second-order valence-electron chi connectivity index (χ2n) is 7.10. The first-order chi connectivity index (χ1) is 14.5. The van der Waals surface area contributed by atoms with Crippen LogP contribution in [-0.2, 0) is 0 Å². The number of fused-ring (bicyclic) bond motifs is 2. The molecule has 2 aliphatic rings. The number of benzene rings is 1. The molecule has 0 spiro atoms.